The molecule has 0 spiro atoms. The molecule has 1 heterocycles. The largest absolute Gasteiger partial charge is 0.493 e. The summed E-state index contributed by atoms with van der Waals surface area (Å²) >= 11 is 4.88. The van der Waals surface area contributed by atoms with Gasteiger partial charge in [0.25, 0.3) is 0 Å². The van der Waals surface area contributed by atoms with E-state index in [-0.39, 0.29) is 0 Å². The van der Waals surface area contributed by atoms with Gasteiger partial charge < -0.3 is 20.5 Å². The molecule has 2 aromatic rings. The second-order valence-corrected chi connectivity index (χ2v) is 4.43. The third-order valence-electron chi connectivity index (χ3n) is 2.70. The molecular formula is C14H15N3O2S. The Hall–Kier alpha value is -2.34. The van der Waals surface area contributed by atoms with Crippen LogP contribution >= 0.6 is 12.2 Å². The van der Waals surface area contributed by atoms with Gasteiger partial charge in [0.05, 0.1) is 14.2 Å². The average Bonchev–Trinajstić information content (AvgIpc) is 2.47. The van der Waals surface area contributed by atoms with Crippen molar-refractivity contribution in [3.8, 4) is 11.5 Å². The van der Waals surface area contributed by atoms with E-state index in [1.807, 2.05) is 30.3 Å². The molecule has 0 atom stereocenters. The van der Waals surface area contributed by atoms with Crippen molar-refractivity contribution in [3.63, 3.8) is 0 Å². The van der Waals surface area contributed by atoms with Gasteiger partial charge in [0, 0.05) is 23.5 Å². The molecular weight excluding hydrogens is 274 g/mol. The number of pyridine rings is 1. The zero-order valence-electron chi connectivity index (χ0n) is 11.2. The molecule has 104 valence electrons. The number of anilines is 2. The van der Waals surface area contributed by atoms with E-state index in [1.54, 1.807) is 20.4 Å². The summed E-state index contributed by atoms with van der Waals surface area (Å²) in [6.45, 7) is 0. The zero-order chi connectivity index (χ0) is 14.5. The quantitative estimate of drug-likeness (QED) is 0.824. The summed E-state index contributed by atoms with van der Waals surface area (Å²) in [7, 11) is 3.19. The SMILES string of the molecule is COc1ccc(Nc2ccc(C(N)=S)cn2)cc1OC. The van der Waals surface area contributed by atoms with Crippen molar-refractivity contribution >= 4 is 28.7 Å². The highest BCUT2D eigenvalue weighted by molar-refractivity contribution is 7.80. The molecule has 0 saturated heterocycles. The van der Waals surface area contributed by atoms with Crippen LogP contribution in [0.25, 0.3) is 0 Å². The number of benzene rings is 1. The summed E-state index contributed by atoms with van der Waals surface area (Å²) in [5.41, 5.74) is 7.11. The first kappa shape index (κ1) is 14.1. The summed E-state index contributed by atoms with van der Waals surface area (Å²) < 4.78 is 10.4. The molecule has 1 aromatic carbocycles. The molecule has 20 heavy (non-hydrogen) atoms. The van der Waals surface area contributed by atoms with Crippen molar-refractivity contribution in [3.05, 3.63) is 42.1 Å². The lowest BCUT2D eigenvalue weighted by molar-refractivity contribution is 0.355. The highest BCUT2D eigenvalue weighted by atomic mass is 32.1. The lowest BCUT2D eigenvalue weighted by Crippen LogP contribution is -2.09. The predicted octanol–water partition coefficient (Wildman–Crippen LogP) is 2.48. The van der Waals surface area contributed by atoms with E-state index in [9.17, 15) is 0 Å². The molecule has 5 nitrogen and oxygen atoms in total. The van der Waals surface area contributed by atoms with E-state index >= 15 is 0 Å². The Kier molecular flexibility index (Phi) is 4.37. The van der Waals surface area contributed by atoms with Gasteiger partial charge in [-0.05, 0) is 24.3 Å². The maximum atomic E-state index is 5.53. The van der Waals surface area contributed by atoms with Crippen LogP contribution in [0.3, 0.4) is 0 Å². The highest BCUT2D eigenvalue weighted by Gasteiger charge is 2.05. The molecule has 1 aromatic heterocycles. The topological polar surface area (TPSA) is 69.4 Å². The van der Waals surface area contributed by atoms with Crippen molar-refractivity contribution in [1.29, 1.82) is 0 Å². The molecule has 0 aliphatic heterocycles. The molecule has 0 aliphatic carbocycles. The highest BCUT2D eigenvalue weighted by Crippen LogP contribution is 2.30. The minimum atomic E-state index is 0.329. The Morgan fingerprint density at radius 1 is 1.15 bits per heavy atom. The van der Waals surface area contributed by atoms with Gasteiger partial charge >= 0.3 is 0 Å². The van der Waals surface area contributed by atoms with Gasteiger partial charge in [-0.1, -0.05) is 12.2 Å². The first-order chi connectivity index (χ1) is 9.63. The lowest BCUT2D eigenvalue weighted by atomic mass is 10.2. The number of nitrogens with two attached hydrogens (primary N) is 1. The third-order valence-corrected chi connectivity index (χ3v) is 2.94. The van der Waals surface area contributed by atoms with Crippen LogP contribution in [0.4, 0.5) is 11.5 Å². The maximum Gasteiger partial charge on any atom is 0.162 e. The van der Waals surface area contributed by atoms with Gasteiger partial charge in [-0.2, -0.15) is 0 Å². The van der Waals surface area contributed by atoms with Crippen LogP contribution in [-0.4, -0.2) is 24.2 Å². The smallest absolute Gasteiger partial charge is 0.162 e. The van der Waals surface area contributed by atoms with Crippen LogP contribution in [0, 0.1) is 0 Å². The number of hydrogen-bond donors (Lipinski definition) is 2. The van der Waals surface area contributed by atoms with Crippen LogP contribution in [-0.2, 0) is 0 Å². The second-order valence-electron chi connectivity index (χ2n) is 3.99. The fourth-order valence-corrected chi connectivity index (χ4v) is 1.80. The molecule has 0 amide bonds. The van der Waals surface area contributed by atoms with Crippen LogP contribution in [0.15, 0.2) is 36.5 Å². The Morgan fingerprint density at radius 2 is 1.90 bits per heavy atom. The van der Waals surface area contributed by atoms with Crippen LogP contribution in [0.2, 0.25) is 0 Å². The van der Waals surface area contributed by atoms with Crippen molar-refractivity contribution in [2.45, 2.75) is 0 Å². The number of nitrogens with zero attached hydrogens (tertiary/aromatic N) is 1. The summed E-state index contributed by atoms with van der Waals surface area (Å²) in [5, 5.41) is 3.17. The van der Waals surface area contributed by atoms with E-state index in [4.69, 9.17) is 27.4 Å². The molecule has 0 saturated carbocycles. The average molecular weight is 289 g/mol. The van der Waals surface area contributed by atoms with E-state index in [2.05, 4.69) is 10.3 Å². The van der Waals surface area contributed by atoms with Gasteiger partial charge in [-0.15, -0.1) is 0 Å². The first-order valence-electron chi connectivity index (χ1n) is 5.89. The molecule has 0 radical (unpaired) electrons. The number of ether oxygens (including phenoxy) is 2. The van der Waals surface area contributed by atoms with E-state index in [0.29, 0.717) is 22.3 Å². The summed E-state index contributed by atoms with van der Waals surface area (Å²) in [4.78, 5) is 4.57. The van der Waals surface area contributed by atoms with Gasteiger partial charge in [-0.25, -0.2) is 4.98 Å². The van der Waals surface area contributed by atoms with E-state index in [1.165, 1.54) is 0 Å². The molecule has 0 fully saturated rings. The van der Waals surface area contributed by atoms with Gasteiger partial charge in [0.15, 0.2) is 11.5 Å². The second kappa shape index (κ2) is 6.21. The van der Waals surface area contributed by atoms with Gasteiger partial charge in [-0.3, -0.25) is 0 Å². The number of thiocarbonyl (C=S) groups is 1. The standard InChI is InChI=1S/C14H15N3O2S/c1-18-11-5-4-10(7-12(11)19-2)17-13-6-3-9(8-16-13)14(15)20/h3-8H,1-2H3,(H2,15,20)(H,16,17). The molecule has 0 aliphatic rings. The monoisotopic (exact) mass is 289 g/mol. The maximum absolute atomic E-state index is 5.53. The Morgan fingerprint density at radius 3 is 2.45 bits per heavy atom. The third kappa shape index (κ3) is 3.16. The molecule has 0 unspecified atom stereocenters. The molecule has 3 N–H and O–H groups in total. The number of hydrogen-bond acceptors (Lipinski definition) is 5. The van der Waals surface area contributed by atoms with E-state index < -0.39 is 0 Å². The Balaban J connectivity index is 2.19. The van der Waals surface area contributed by atoms with Crippen molar-refractivity contribution in [1.82, 2.24) is 4.98 Å². The van der Waals surface area contributed by atoms with Gasteiger partial charge in [0.2, 0.25) is 0 Å². The number of methoxy groups -OCH3 is 2. The summed E-state index contributed by atoms with van der Waals surface area (Å²) in [6, 6.07) is 9.17. The molecule has 2 rings (SSSR count). The Labute approximate surface area is 122 Å². The summed E-state index contributed by atoms with van der Waals surface area (Å²) in [6.07, 6.45) is 1.63. The van der Waals surface area contributed by atoms with E-state index in [0.717, 1.165) is 11.3 Å². The number of nitrogens with one attached hydrogen (secondary N) is 1. The number of aromatic nitrogens is 1. The van der Waals surface area contributed by atoms with Crippen molar-refractivity contribution in [2.75, 3.05) is 19.5 Å². The van der Waals surface area contributed by atoms with Crippen LogP contribution in [0.5, 0.6) is 11.5 Å². The predicted molar refractivity (Wildman–Crippen MR) is 83.0 cm³/mol. The minimum absolute atomic E-state index is 0.329. The molecule has 6 heteroatoms. The Bertz CT molecular complexity index is 614. The molecule has 0 bridgehead atoms. The lowest BCUT2D eigenvalue weighted by Gasteiger charge is -2.11. The zero-order valence-corrected chi connectivity index (χ0v) is 12.0. The normalized spacial score (nSPS) is 9.90. The van der Waals surface area contributed by atoms with Crippen LogP contribution in [0.1, 0.15) is 5.56 Å². The van der Waals surface area contributed by atoms with Crippen LogP contribution < -0.4 is 20.5 Å². The van der Waals surface area contributed by atoms with Crippen molar-refractivity contribution in [2.24, 2.45) is 5.73 Å². The fourth-order valence-electron chi connectivity index (χ4n) is 1.68. The summed E-state index contributed by atoms with van der Waals surface area (Å²) in [5.74, 6) is 2.02. The fraction of sp³-hybridized carbons (Fsp3) is 0.143. The van der Waals surface area contributed by atoms with Crippen molar-refractivity contribution < 1.29 is 9.47 Å². The van der Waals surface area contributed by atoms with Gasteiger partial charge in [0.1, 0.15) is 10.8 Å². The number of rotatable bonds is 5. The first-order valence-corrected chi connectivity index (χ1v) is 6.29. The minimum Gasteiger partial charge on any atom is -0.493 e.